The summed E-state index contributed by atoms with van der Waals surface area (Å²) in [6.07, 6.45) is -0.621. The van der Waals surface area contributed by atoms with Crippen LogP contribution in [-0.4, -0.2) is 278 Å². The minimum absolute atomic E-state index is 0.00734. The topological polar surface area (TPSA) is 624 Å². The van der Waals surface area contributed by atoms with E-state index in [0.717, 1.165) is 0 Å². The predicted octanol–water partition coefficient (Wildman–Crippen LogP) is -5.81. The second-order valence-electron chi connectivity index (χ2n) is 29.1. The maximum absolute atomic E-state index is 15.2. The Labute approximate surface area is 658 Å². The van der Waals surface area contributed by atoms with Crippen LogP contribution in [-0.2, 0) is 94.3 Å². The lowest BCUT2D eigenvalue weighted by atomic mass is 9.97. The molecule has 0 unspecified atom stereocenters. The first-order valence-corrected chi connectivity index (χ1v) is 37.9. The number of carbonyl (C=O) groups is 17. The lowest BCUT2D eigenvalue weighted by Gasteiger charge is -2.34. The van der Waals surface area contributed by atoms with Gasteiger partial charge in [0.2, 0.25) is 82.7 Å². The summed E-state index contributed by atoms with van der Waals surface area (Å²) in [5.74, 6) is -18.8. The standard InChI is InChI=1S/C74H110N18O22/c1-7-41(6)60(69(109)80-36-56(96)82-48(34-58(99)100)65(105)87-51(38-94)73(113)114)89-68(108)54-25-17-29-92(54)72(112)59(40(4)5)88-67(107)53-24-16-28-91(53)71(111)50(32-43-20-12-9-13-21-43)86-63(103)46(31-42-18-10-8-11-19-42)84-66(106)52-23-15-27-90(52)70(110)49(30-39(2)3)85-64(104)47(33-57(97)98)81-55(95)35-79-62(102)45(22-14-26-78-74(76)77)83-61(101)44(75)37-93/h8-13,18-21,39-41,44-54,59-60,93-94H,7,14-17,22-38,75H2,1-6H3,(H,79,102)(H,80,109)(H,81,95)(H,82,96)(H,83,101)(H,84,106)(H,85,104)(H,86,103)(H,87,105)(H,88,107)(H,89,108)(H,97,98)(H,99,100)(H,113,114)(H4,76,77,78)/t41-,44-,45-,46-,47-,48-,49-,50-,51-,52-,53-,54-,59-,60-/m0/s1. The van der Waals surface area contributed by atoms with Crippen LogP contribution in [0.15, 0.2) is 65.7 Å². The number of aliphatic hydroxyl groups excluding tert-OH is 2. The molecular weight excluding hydrogens is 1490 g/mol. The van der Waals surface area contributed by atoms with Crippen LogP contribution in [0.3, 0.4) is 0 Å². The van der Waals surface area contributed by atoms with E-state index in [2.05, 4.69) is 58.2 Å². The van der Waals surface area contributed by atoms with E-state index in [-0.39, 0.29) is 95.8 Å². The summed E-state index contributed by atoms with van der Waals surface area (Å²) in [5, 5.41) is 74.3. The second kappa shape index (κ2) is 45.9. The molecule has 114 heavy (non-hydrogen) atoms. The quantitative estimate of drug-likeness (QED) is 0.0167. The van der Waals surface area contributed by atoms with Crippen molar-refractivity contribution in [3.05, 3.63) is 71.8 Å². The maximum atomic E-state index is 15.2. The van der Waals surface area contributed by atoms with Crippen molar-refractivity contribution in [3.8, 4) is 0 Å². The van der Waals surface area contributed by atoms with Crippen molar-refractivity contribution < 1.29 is 107 Å². The van der Waals surface area contributed by atoms with Gasteiger partial charge in [-0.25, -0.2) is 4.79 Å². The summed E-state index contributed by atoms with van der Waals surface area (Å²) in [6.45, 7) is 6.82. The highest BCUT2D eigenvalue weighted by atomic mass is 16.4. The molecule has 40 heteroatoms. The number of nitrogens with one attached hydrogen (secondary N) is 11. The number of hydrogen-bond acceptors (Lipinski definition) is 21. The van der Waals surface area contributed by atoms with Crippen LogP contribution in [0.2, 0.25) is 0 Å². The van der Waals surface area contributed by atoms with Gasteiger partial charge in [0.05, 0.1) is 39.1 Å². The van der Waals surface area contributed by atoms with Gasteiger partial charge in [0.15, 0.2) is 5.96 Å². The Morgan fingerprint density at radius 2 is 0.895 bits per heavy atom. The van der Waals surface area contributed by atoms with E-state index in [1.54, 1.807) is 102 Å². The fraction of sp³-hybridized carbons (Fsp3) is 0.595. The molecule has 628 valence electrons. The molecule has 14 atom stereocenters. The molecule has 3 saturated heterocycles. The molecule has 40 nitrogen and oxygen atoms in total. The van der Waals surface area contributed by atoms with Crippen molar-refractivity contribution in [3.63, 3.8) is 0 Å². The van der Waals surface area contributed by atoms with Gasteiger partial charge in [-0.05, 0) is 86.7 Å². The second-order valence-corrected chi connectivity index (χ2v) is 29.1. The third kappa shape index (κ3) is 29.0. The first-order valence-electron chi connectivity index (χ1n) is 37.9. The average Bonchev–Trinajstić information content (AvgIpc) is 1.61. The molecule has 0 radical (unpaired) electrons. The molecule has 3 aliphatic heterocycles. The zero-order valence-corrected chi connectivity index (χ0v) is 64.8. The maximum Gasteiger partial charge on any atom is 0.328 e. The molecule has 0 bridgehead atoms. The molecule has 3 aliphatic rings. The number of carbonyl (C=O) groups excluding carboxylic acids is 14. The average molecular weight is 1600 g/mol. The van der Waals surface area contributed by atoms with Gasteiger partial charge in [-0.3, -0.25) is 81.7 Å². The number of benzene rings is 2. The number of aliphatic carboxylic acids is 3. The predicted molar refractivity (Wildman–Crippen MR) is 406 cm³/mol. The van der Waals surface area contributed by atoms with Gasteiger partial charge in [-0.1, -0.05) is 109 Å². The molecule has 2 aromatic rings. The highest BCUT2D eigenvalue weighted by Crippen LogP contribution is 2.26. The van der Waals surface area contributed by atoms with Crippen LogP contribution in [0.25, 0.3) is 0 Å². The number of carboxylic acids is 3. The van der Waals surface area contributed by atoms with Gasteiger partial charge in [0.1, 0.15) is 78.5 Å². The smallest absolute Gasteiger partial charge is 0.328 e. The number of nitrogens with two attached hydrogens (primary N) is 3. The number of nitrogens with zero attached hydrogens (tertiary/aromatic N) is 4. The van der Waals surface area contributed by atoms with Crippen molar-refractivity contribution in [1.82, 2.24) is 73.2 Å². The van der Waals surface area contributed by atoms with Crippen molar-refractivity contribution in [2.45, 2.75) is 210 Å². The molecule has 0 saturated carbocycles. The van der Waals surface area contributed by atoms with Gasteiger partial charge in [0.25, 0.3) is 0 Å². The molecule has 14 amide bonds. The molecule has 22 N–H and O–H groups in total. The Kier molecular flexibility index (Phi) is 37.5. The SMILES string of the molecule is CC[C@H](C)[C@H](NC(=O)[C@@H]1CCCN1C(=O)[C@@H](NC(=O)[C@@H]1CCCN1C(=O)[C@H](Cc1ccccc1)NC(=O)[C@H](Cc1ccccc1)NC(=O)[C@@H]1CCCN1C(=O)[C@H](CC(C)C)NC(=O)[C@H](CC(=O)O)NC(=O)CNC(=O)[C@H](CCCN=C(N)N)NC(=O)[C@@H](N)CO)C(C)C)C(=O)NCC(=O)N[C@@H](CC(=O)O)C(=O)N[C@@H](CO)C(=O)O. The summed E-state index contributed by atoms with van der Waals surface area (Å²) in [6, 6.07) is -1.42. The molecule has 3 fully saturated rings. The van der Waals surface area contributed by atoms with Crippen LogP contribution in [0.4, 0.5) is 0 Å². The Bertz CT molecular complexity index is 3760. The third-order valence-corrected chi connectivity index (χ3v) is 19.5. The summed E-state index contributed by atoms with van der Waals surface area (Å²) < 4.78 is 0. The van der Waals surface area contributed by atoms with E-state index in [1.165, 1.54) is 14.7 Å². The molecule has 5 rings (SSSR count). The van der Waals surface area contributed by atoms with Gasteiger partial charge in [-0.15, -0.1) is 0 Å². The monoisotopic (exact) mass is 1600 g/mol. The van der Waals surface area contributed by atoms with E-state index < -0.39 is 230 Å². The van der Waals surface area contributed by atoms with E-state index in [9.17, 15) is 97.5 Å². The summed E-state index contributed by atoms with van der Waals surface area (Å²) in [7, 11) is 0. The van der Waals surface area contributed by atoms with Crippen LogP contribution in [0, 0.1) is 17.8 Å². The van der Waals surface area contributed by atoms with E-state index >= 15 is 9.59 Å². The first kappa shape index (κ1) is 93.2. The number of aliphatic hydroxyl groups is 2. The molecule has 0 aromatic heterocycles. The van der Waals surface area contributed by atoms with Crippen molar-refractivity contribution >= 4 is 107 Å². The van der Waals surface area contributed by atoms with Crippen LogP contribution in [0.1, 0.15) is 130 Å². The Morgan fingerprint density at radius 1 is 0.474 bits per heavy atom. The van der Waals surface area contributed by atoms with Crippen LogP contribution < -0.4 is 75.7 Å². The zero-order valence-electron chi connectivity index (χ0n) is 64.8. The van der Waals surface area contributed by atoms with Gasteiger partial charge < -0.3 is 116 Å². The van der Waals surface area contributed by atoms with Crippen LogP contribution >= 0.6 is 0 Å². The normalized spacial score (nSPS) is 18.1. The molecule has 0 aliphatic carbocycles. The van der Waals surface area contributed by atoms with E-state index in [4.69, 9.17) is 17.2 Å². The fourth-order valence-electron chi connectivity index (χ4n) is 13.2. The Morgan fingerprint density at radius 3 is 1.33 bits per heavy atom. The number of guanidine groups is 1. The highest BCUT2D eigenvalue weighted by Gasteiger charge is 2.46. The van der Waals surface area contributed by atoms with Crippen molar-refractivity contribution in [2.24, 2.45) is 39.9 Å². The molecule has 2 aromatic carbocycles. The Balaban J connectivity index is 1.31. The number of likely N-dealkylation sites (tertiary alicyclic amines) is 3. The molecular formula is C74H110N18O22. The lowest BCUT2D eigenvalue weighted by molar-refractivity contribution is -0.145. The summed E-state index contributed by atoms with van der Waals surface area (Å²) in [4.78, 5) is 239. The number of aliphatic imine (C=N–C) groups is 1. The summed E-state index contributed by atoms with van der Waals surface area (Å²) >= 11 is 0. The largest absolute Gasteiger partial charge is 0.481 e. The van der Waals surface area contributed by atoms with Gasteiger partial charge in [0, 0.05) is 39.0 Å². The van der Waals surface area contributed by atoms with Gasteiger partial charge in [-0.2, -0.15) is 0 Å². The van der Waals surface area contributed by atoms with Gasteiger partial charge >= 0.3 is 17.9 Å². The number of amides is 14. The number of hydrogen-bond donors (Lipinski definition) is 19. The highest BCUT2D eigenvalue weighted by molar-refractivity contribution is 6.01. The minimum Gasteiger partial charge on any atom is -0.481 e. The third-order valence-electron chi connectivity index (χ3n) is 19.5. The number of carboxylic acid groups (broad SMARTS) is 3. The van der Waals surface area contributed by atoms with Crippen molar-refractivity contribution in [2.75, 3.05) is 52.5 Å². The molecule has 3 heterocycles. The minimum atomic E-state index is -1.83. The lowest BCUT2D eigenvalue weighted by Crippen LogP contribution is -2.61. The van der Waals surface area contributed by atoms with Crippen molar-refractivity contribution in [1.29, 1.82) is 0 Å². The zero-order chi connectivity index (χ0) is 84.6. The fourth-order valence-corrected chi connectivity index (χ4v) is 13.2. The first-order chi connectivity index (χ1) is 54.0. The Hall–Kier alpha value is -11.4. The van der Waals surface area contributed by atoms with E-state index in [0.29, 0.717) is 30.4 Å². The van der Waals surface area contributed by atoms with Crippen LogP contribution in [0.5, 0.6) is 0 Å². The number of rotatable bonds is 45. The summed E-state index contributed by atoms with van der Waals surface area (Å²) in [5.41, 5.74) is 17.6. The van der Waals surface area contributed by atoms with E-state index in [1.807, 2.05) is 5.32 Å². The molecule has 0 spiro atoms.